The minimum atomic E-state index is 0.268. The van der Waals surface area contributed by atoms with Crippen molar-refractivity contribution in [1.82, 2.24) is 10.2 Å². The fourth-order valence-electron chi connectivity index (χ4n) is 3.37. The first-order chi connectivity index (χ1) is 8.52. The minimum absolute atomic E-state index is 0.268. The predicted molar refractivity (Wildman–Crippen MR) is 74.4 cm³/mol. The lowest BCUT2D eigenvalue weighted by atomic mass is 9.75. The first-order valence-corrected chi connectivity index (χ1v) is 7.16. The van der Waals surface area contributed by atoms with Gasteiger partial charge in [-0.3, -0.25) is 4.79 Å². The van der Waals surface area contributed by atoms with Crippen LogP contribution in [0.2, 0.25) is 0 Å². The quantitative estimate of drug-likeness (QED) is 0.831. The van der Waals surface area contributed by atoms with Gasteiger partial charge < -0.3 is 10.2 Å². The van der Waals surface area contributed by atoms with Gasteiger partial charge in [0.2, 0.25) is 0 Å². The highest BCUT2D eigenvalue weighted by Crippen LogP contribution is 2.35. The van der Waals surface area contributed by atoms with E-state index in [0.29, 0.717) is 6.42 Å². The molecule has 0 aromatic heterocycles. The summed E-state index contributed by atoms with van der Waals surface area (Å²) in [5.74, 6) is 1.08. The summed E-state index contributed by atoms with van der Waals surface area (Å²) >= 11 is 0. The van der Waals surface area contributed by atoms with Crippen molar-refractivity contribution in [3.63, 3.8) is 0 Å². The van der Waals surface area contributed by atoms with Crippen molar-refractivity contribution in [2.75, 3.05) is 20.6 Å². The molecular weight excluding hydrogens is 224 g/mol. The second-order valence-electron chi connectivity index (χ2n) is 6.31. The summed E-state index contributed by atoms with van der Waals surface area (Å²) in [7, 11) is 4.38. The van der Waals surface area contributed by atoms with Crippen LogP contribution in [0, 0.1) is 5.92 Å². The second-order valence-corrected chi connectivity index (χ2v) is 6.31. The van der Waals surface area contributed by atoms with Crippen LogP contribution in [0.3, 0.4) is 0 Å². The lowest BCUT2D eigenvalue weighted by Crippen LogP contribution is -2.53. The van der Waals surface area contributed by atoms with E-state index in [1.165, 1.54) is 25.7 Å². The average Bonchev–Trinajstić information content (AvgIpc) is 2.72. The normalized spacial score (nSPS) is 32.8. The van der Waals surface area contributed by atoms with Crippen molar-refractivity contribution >= 4 is 5.78 Å². The Morgan fingerprint density at radius 2 is 2.22 bits per heavy atom. The Bertz CT molecular complexity index is 348. The van der Waals surface area contributed by atoms with Gasteiger partial charge in [-0.05, 0) is 39.3 Å². The lowest BCUT2D eigenvalue weighted by molar-refractivity contribution is -0.114. The Morgan fingerprint density at radius 1 is 1.44 bits per heavy atom. The van der Waals surface area contributed by atoms with Crippen molar-refractivity contribution in [2.45, 2.75) is 51.0 Å². The first kappa shape index (κ1) is 13.6. The van der Waals surface area contributed by atoms with Crippen LogP contribution in [0.1, 0.15) is 45.4 Å². The molecule has 0 spiro atoms. The third-order valence-electron chi connectivity index (χ3n) is 4.64. The maximum atomic E-state index is 11.2. The number of rotatable bonds is 4. The van der Waals surface area contributed by atoms with Crippen molar-refractivity contribution in [1.29, 1.82) is 0 Å². The summed E-state index contributed by atoms with van der Waals surface area (Å²) in [5.41, 5.74) is 1.41. The van der Waals surface area contributed by atoms with Gasteiger partial charge in [0.1, 0.15) is 0 Å². The molecule has 2 aliphatic rings. The lowest BCUT2D eigenvalue weighted by Gasteiger charge is -2.45. The Kier molecular flexibility index (Phi) is 4.10. The molecule has 0 aromatic carbocycles. The van der Waals surface area contributed by atoms with Crippen LogP contribution in [0.4, 0.5) is 0 Å². The molecular formula is C15H26N2O. The molecule has 0 radical (unpaired) electrons. The molecule has 18 heavy (non-hydrogen) atoms. The molecule has 0 aromatic rings. The largest absolute Gasteiger partial charge is 0.386 e. The van der Waals surface area contributed by atoms with Crippen LogP contribution in [0.5, 0.6) is 0 Å². The molecule has 2 atom stereocenters. The van der Waals surface area contributed by atoms with E-state index in [-0.39, 0.29) is 11.3 Å². The Hall–Kier alpha value is -0.830. The molecule has 2 rings (SSSR count). The van der Waals surface area contributed by atoms with Crippen molar-refractivity contribution in [2.24, 2.45) is 5.92 Å². The summed E-state index contributed by atoms with van der Waals surface area (Å²) in [5, 5.41) is 3.52. The fraction of sp³-hybridized carbons (Fsp3) is 0.800. The summed E-state index contributed by atoms with van der Waals surface area (Å²) in [4.78, 5) is 13.6. The first-order valence-electron chi connectivity index (χ1n) is 7.16. The van der Waals surface area contributed by atoms with Crippen LogP contribution >= 0.6 is 0 Å². The molecule has 0 heterocycles. The van der Waals surface area contributed by atoms with E-state index >= 15 is 0 Å². The van der Waals surface area contributed by atoms with Gasteiger partial charge >= 0.3 is 0 Å². The average molecular weight is 250 g/mol. The molecule has 0 aliphatic heterocycles. The number of hydrogen-bond donors (Lipinski definition) is 1. The molecule has 0 bridgehead atoms. The number of carbonyl (C=O) groups is 1. The topological polar surface area (TPSA) is 32.3 Å². The van der Waals surface area contributed by atoms with Crippen molar-refractivity contribution in [3.8, 4) is 0 Å². The third-order valence-corrected chi connectivity index (χ3v) is 4.64. The second kappa shape index (κ2) is 5.43. The van der Waals surface area contributed by atoms with Gasteiger partial charge in [0.15, 0.2) is 5.78 Å². The summed E-state index contributed by atoms with van der Waals surface area (Å²) in [6.07, 6.45) is 8.57. The summed E-state index contributed by atoms with van der Waals surface area (Å²) < 4.78 is 0. The van der Waals surface area contributed by atoms with Gasteiger partial charge in [0, 0.05) is 30.3 Å². The van der Waals surface area contributed by atoms with Crippen LogP contribution in [-0.4, -0.2) is 36.9 Å². The minimum Gasteiger partial charge on any atom is -0.386 e. The van der Waals surface area contributed by atoms with Gasteiger partial charge in [-0.15, -0.1) is 0 Å². The zero-order valence-corrected chi connectivity index (χ0v) is 12.0. The molecule has 3 nitrogen and oxygen atoms in total. The highest BCUT2D eigenvalue weighted by Gasteiger charge is 2.36. The van der Waals surface area contributed by atoms with E-state index in [0.717, 1.165) is 24.6 Å². The Morgan fingerprint density at radius 3 is 2.78 bits per heavy atom. The molecule has 1 fully saturated rings. The van der Waals surface area contributed by atoms with Crippen LogP contribution in [0.15, 0.2) is 11.8 Å². The molecule has 1 N–H and O–H groups in total. The van der Waals surface area contributed by atoms with Crippen LogP contribution in [-0.2, 0) is 4.79 Å². The van der Waals surface area contributed by atoms with E-state index in [9.17, 15) is 4.79 Å². The standard InChI is InChI=1S/C15H26N2O/c1-12-5-4-8-15(10-12,17(2)3)11-16-13-6-7-14(18)9-13/h9,12,16H,4-8,10-11H2,1-3H3. The van der Waals surface area contributed by atoms with Crippen molar-refractivity contribution in [3.05, 3.63) is 11.8 Å². The maximum absolute atomic E-state index is 11.2. The van der Waals surface area contributed by atoms with E-state index < -0.39 is 0 Å². The predicted octanol–water partition coefficient (Wildman–Crippen LogP) is 2.33. The molecule has 1 saturated carbocycles. The zero-order valence-electron chi connectivity index (χ0n) is 12.0. The number of nitrogens with one attached hydrogen (secondary N) is 1. The van der Waals surface area contributed by atoms with E-state index in [1.807, 2.05) is 0 Å². The highest BCUT2D eigenvalue weighted by atomic mass is 16.1. The molecule has 0 amide bonds. The number of nitrogens with zero attached hydrogens (tertiary/aromatic N) is 1. The van der Waals surface area contributed by atoms with Gasteiger partial charge in [0.25, 0.3) is 0 Å². The molecule has 2 unspecified atom stereocenters. The number of ketones is 1. The maximum Gasteiger partial charge on any atom is 0.157 e. The zero-order chi connectivity index (χ0) is 13.2. The monoisotopic (exact) mass is 250 g/mol. The smallest absolute Gasteiger partial charge is 0.157 e. The number of hydrogen-bond acceptors (Lipinski definition) is 3. The third kappa shape index (κ3) is 2.94. The highest BCUT2D eigenvalue weighted by molar-refractivity contribution is 5.92. The Labute approximate surface area is 111 Å². The van der Waals surface area contributed by atoms with Gasteiger partial charge in [0.05, 0.1) is 0 Å². The van der Waals surface area contributed by atoms with E-state index in [4.69, 9.17) is 0 Å². The number of likely N-dealkylation sites (N-methyl/N-ethyl adjacent to an activating group) is 1. The number of allylic oxidation sites excluding steroid dienone is 2. The SMILES string of the molecule is CC1CCCC(CNC2=CC(=O)CC2)(N(C)C)C1. The van der Waals surface area contributed by atoms with Crippen LogP contribution in [0.25, 0.3) is 0 Å². The summed E-state index contributed by atoms with van der Waals surface area (Å²) in [6, 6.07) is 0. The molecule has 3 heteroatoms. The molecule has 102 valence electrons. The molecule has 0 saturated heterocycles. The van der Waals surface area contributed by atoms with Gasteiger partial charge in [-0.1, -0.05) is 19.8 Å². The van der Waals surface area contributed by atoms with Crippen LogP contribution < -0.4 is 5.32 Å². The summed E-state index contributed by atoms with van der Waals surface area (Å²) in [6.45, 7) is 3.33. The molecule has 2 aliphatic carbocycles. The number of carbonyl (C=O) groups excluding carboxylic acids is 1. The van der Waals surface area contributed by atoms with E-state index in [1.54, 1.807) is 6.08 Å². The van der Waals surface area contributed by atoms with E-state index in [2.05, 4.69) is 31.2 Å². The van der Waals surface area contributed by atoms with Crippen molar-refractivity contribution < 1.29 is 4.79 Å². The Balaban J connectivity index is 1.98. The fourth-order valence-corrected chi connectivity index (χ4v) is 3.37. The van der Waals surface area contributed by atoms with Gasteiger partial charge in [-0.2, -0.15) is 0 Å². The van der Waals surface area contributed by atoms with Gasteiger partial charge in [-0.25, -0.2) is 0 Å².